The Balaban J connectivity index is 1.66. The molecule has 0 aliphatic carbocycles. The van der Waals surface area contributed by atoms with E-state index in [4.69, 9.17) is 16.7 Å². The van der Waals surface area contributed by atoms with E-state index in [1.807, 2.05) is 0 Å². The van der Waals surface area contributed by atoms with Crippen LogP contribution in [0, 0.1) is 5.82 Å². The van der Waals surface area contributed by atoms with Gasteiger partial charge >= 0.3 is 5.97 Å². The van der Waals surface area contributed by atoms with Gasteiger partial charge in [0.1, 0.15) is 11.5 Å². The average molecular weight is 392 g/mol. The minimum absolute atomic E-state index is 0.0907. The molecule has 27 heavy (non-hydrogen) atoms. The van der Waals surface area contributed by atoms with Crippen LogP contribution >= 0.6 is 11.6 Å². The predicted octanol–water partition coefficient (Wildman–Crippen LogP) is 2.65. The molecule has 0 aliphatic rings. The molecule has 0 radical (unpaired) electrons. The summed E-state index contributed by atoms with van der Waals surface area (Å²) in [6, 6.07) is 5.60. The largest absolute Gasteiger partial charge is 0.481 e. The van der Waals surface area contributed by atoms with Gasteiger partial charge in [-0.05, 0) is 23.8 Å². The third kappa shape index (κ3) is 4.70. The molecule has 0 spiro atoms. The predicted molar refractivity (Wildman–Crippen MR) is 95.2 cm³/mol. The fourth-order valence-corrected chi connectivity index (χ4v) is 2.67. The van der Waals surface area contributed by atoms with Crippen molar-refractivity contribution < 1.29 is 19.1 Å². The van der Waals surface area contributed by atoms with Crippen molar-refractivity contribution in [3.8, 4) is 0 Å². The van der Waals surface area contributed by atoms with Crippen molar-refractivity contribution in [2.45, 2.75) is 19.5 Å². The van der Waals surface area contributed by atoms with Crippen LogP contribution in [0.15, 0.2) is 42.9 Å². The van der Waals surface area contributed by atoms with Gasteiger partial charge in [-0.2, -0.15) is 10.2 Å². The van der Waals surface area contributed by atoms with Gasteiger partial charge in [0.2, 0.25) is 0 Å². The monoisotopic (exact) mass is 391 g/mol. The van der Waals surface area contributed by atoms with Crippen molar-refractivity contribution in [2.24, 2.45) is 0 Å². The van der Waals surface area contributed by atoms with Gasteiger partial charge in [-0.1, -0.05) is 17.7 Å². The minimum atomic E-state index is -0.974. The molecule has 3 rings (SSSR count). The lowest BCUT2D eigenvalue weighted by Gasteiger charge is -2.06. The smallest absolute Gasteiger partial charge is 0.305 e. The minimum Gasteiger partial charge on any atom is -0.481 e. The maximum absolute atomic E-state index is 13.1. The number of nitrogens with one attached hydrogen (secondary N) is 1. The molecule has 140 valence electrons. The summed E-state index contributed by atoms with van der Waals surface area (Å²) in [7, 11) is 0. The quantitative estimate of drug-likeness (QED) is 0.644. The van der Waals surface area contributed by atoms with Gasteiger partial charge in [-0.25, -0.2) is 4.39 Å². The summed E-state index contributed by atoms with van der Waals surface area (Å²) in [5.74, 6) is -1.83. The van der Waals surface area contributed by atoms with Gasteiger partial charge < -0.3 is 10.4 Å². The Bertz CT molecular complexity index is 985. The molecule has 1 amide bonds. The van der Waals surface area contributed by atoms with Crippen molar-refractivity contribution >= 4 is 29.2 Å². The molecule has 0 bridgehead atoms. The zero-order valence-electron chi connectivity index (χ0n) is 14.0. The van der Waals surface area contributed by atoms with Crippen LogP contribution in [0.3, 0.4) is 0 Å². The van der Waals surface area contributed by atoms with Gasteiger partial charge in [-0.3, -0.25) is 19.0 Å². The third-order valence-corrected chi connectivity index (χ3v) is 4.08. The van der Waals surface area contributed by atoms with E-state index in [-0.39, 0.29) is 18.7 Å². The van der Waals surface area contributed by atoms with Crippen LogP contribution in [0.1, 0.15) is 22.5 Å². The molecule has 0 unspecified atom stereocenters. The summed E-state index contributed by atoms with van der Waals surface area (Å²) in [6.07, 6.45) is 4.36. The van der Waals surface area contributed by atoms with Gasteiger partial charge in [0, 0.05) is 17.4 Å². The molecule has 0 fully saturated rings. The molecular formula is C17H15ClFN5O3. The number of rotatable bonds is 7. The Morgan fingerprint density at radius 3 is 2.81 bits per heavy atom. The molecule has 1 aromatic carbocycles. The topological polar surface area (TPSA) is 102 Å². The number of hydrogen-bond acceptors (Lipinski definition) is 4. The average Bonchev–Trinajstić information content (AvgIpc) is 3.24. The van der Waals surface area contributed by atoms with Gasteiger partial charge in [0.05, 0.1) is 31.4 Å². The first-order valence-corrected chi connectivity index (χ1v) is 8.31. The number of carbonyl (C=O) groups is 2. The summed E-state index contributed by atoms with van der Waals surface area (Å²) in [5.41, 5.74) is 1.38. The van der Waals surface area contributed by atoms with Crippen LogP contribution < -0.4 is 5.32 Å². The zero-order chi connectivity index (χ0) is 19.4. The van der Waals surface area contributed by atoms with Crippen molar-refractivity contribution in [1.29, 1.82) is 0 Å². The Labute approximate surface area is 158 Å². The Morgan fingerprint density at radius 2 is 2.07 bits per heavy atom. The van der Waals surface area contributed by atoms with Crippen LogP contribution in [0.4, 0.5) is 10.1 Å². The molecule has 0 aliphatic heterocycles. The summed E-state index contributed by atoms with van der Waals surface area (Å²) in [6.45, 7) is 0.402. The number of nitrogens with zero attached hydrogens (tertiary/aromatic N) is 4. The van der Waals surface area contributed by atoms with Gasteiger partial charge in [0.25, 0.3) is 5.91 Å². The highest BCUT2D eigenvalue weighted by Gasteiger charge is 2.14. The fourth-order valence-electron chi connectivity index (χ4n) is 2.44. The highest BCUT2D eigenvalue weighted by Crippen LogP contribution is 2.19. The van der Waals surface area contributed by atoms with Crippen LogP contribution in [0.2, 0.25) is 5.02 Å². The molecule has 8 nitrogen and oxygen atoms in total. The number of carboxylic acids is 1. The Kier molecular flexibility index (Phi) is 5.51. The summed E-state index contributed by atoms with van der Waals surface area (Å²) in [5, 5.41) is 19.8. The van der Waals surface area contributed by atoms with Crippen LogP contribution in [-0.4, -0.2) is 36.5 Å². The molecular weight excluding hydrogens is 377 g/mol. The van der Waals surface area contributed by atoms with E-state index in [2.05, 4.69) is 15.5 Å². The van der Waals surface area contributed by atoms with E-state index < -0.39 is 17.7 Å². The van der Waals surface area contributed by atoms with E-state index in [1.165, 1.54) is 35.3 Å². The van der Waals surface area contributed by atoms with Crippen molar-refractivity contribution in [3.63, 3.8) is 0 Å². The van der Waals surface area contributed by atoms with Gasteiger partial charge in [0.15, 0.2) is 0 Å². The number of hydrogen-bond donors (Lipinski definition) is 2. The highest BCUT2D eigenvalue weighted by molar-refractivity contribution is 6.31. The van der Waals surface area contributed by atoms with Crippen LogP contribution in [-0.2, 0) is 17.9 Å². The number of aryl methyl sites for hydroxylation is 1. The second kappa shape index (κ2) is 8.00. The van der Waals surface area contributed by atoms with Crippen molar-refractivity contribution in [2.75, 3.05) is 5.32 Å². The first-order chi connectivity index (χ1) is 12.9. The molecule has 2 heterocycles. The van der Waals surface area contributed by atoms with E-state index in [1.54, 1.807) is 16.9 Å². The number of amides is 1. The molecule has 3 aromatic rings. The van der Waals surface area contributed by atoms with Crippen molar-refractivity contribution in [1.82, 2.24) is 19.6 Å². The SMILES string of the molecule is O=C(O)CCn1nccc1C(=O)Nc1cnn(Cc2ccc(F)cc2Cl)c1. The Hall–Kier alpha value is -3.20. The van der Waals surface area contributed by atoms with Gasteiger partial charge in [-0.15, -0.1) is 0 Å². The second-order valence-corrected chi connectivity index (χ2v) is 6.11. The number of benzene rings is 1. The Morgan fingerprint density at radius 1 is 1.26 bits per heavy atom. The lowest BCUT2D eigenvalue weighted by molar-refractivity contribution is -0.137. The third-order valence-electron chi connectivity index (χ3n) is 3.73. The fraction of sp³-hybridized carbons (Fsp3) is 0.176. The number of halogens is 2. The summed E-state index contributed by atoms with van der Waals surface area (Å²) in [4.78, 5) is 23.1. The molecule has 0 saturated heterocycles. The molecule has 2 N–H and O–H groups in total. The zero-order valence-corrected chi connectivity index (χ0v) is 14.7. The van der Waals surface area contributed by atoms with E-state index in [9.17, 15) is 14.0 Å². The molecule has 0 atom stereocenters. The lowest BCUT2D eigenvalue weighted by Crippen LogP contribution is -2.18. The van der Waals surface area contributed by atoms with E-state index in [0.29, 0.717) is 22.8 Å². The normalized spacial score (nSPS) is 10.7. The maximum atomic E-state index is 13.1. The standard InChI is InChI=1S/C17H15ClFN5O3/c18-14-7-12(19)2-1-11(14)9-23-10-13(8-21-23)22-17(27)15-3-5-20-24(15)6-4-16(25)26/h1-3,5,7-8,10H,4,6,9H2,(H,22,27)(H,25,26). The number of carbonyl (C=O) groups excluding carboxylic acids is 1. The summed E-state index contributed by atoms with van der Waals surface area (Å²) < 4.78 is 16.0. The second-order valence-electron chi connectivity index (χ2n) is 5.70. The maximum Gasteiger partial charge on any atom is 0.305 e. The molecule has 10 heteroatoms. The molecule has 2 aromatic heterocycles. The number of carboxylic acid groups (broad SMARTS) is 1. The highest BCUT2D eigenvalue weighted by atomic mass is 35.5. The lowest BCUT2D eigenvalue weighted by atomic mass is 10.2. The summed E-state index contributed by atoms with van der Waals surface area (Å²) >= 11 is 6.01. The van der Waals surface area contributed by atoms with Crippen LogP contribution in [0.25, 0.3) is 0 Å². The van der Waals surface area contributed by atoms with Crippen LogP contribution in [0.5, 0.6) is 0 Å². The number of aromatic nitrogens is 4. The van der Waals surface area contributed by atoms with Crippen molar-refractivity contribution in [3.05, 3.63) is 65.0 Å². The number of aliphatic carboxylic acids is 1. The first kappa shape index (κ1) is 18.6. The first-order valence-electron chi connectivity index (χ1n) is 7.93. The van der Waals surface area contributed by atoms with E-state index >= 15 is 0 Å². The molecule has 0 saturated carbocycles. The number of anilines is 1. The van der Waals surface area contributed by atoms with E-state index in [0.717, 1.165) is 0 Å².